The molecule has 108 valence electrons. The van der Waals surface area contributed by atoms with Gasteiger partial charge < -0.3 is 5.73 Å². The van der Waals surface area contributed by atoms with E-state index in [1.165, 1.54) is 37.8 Å². The summed E-state index contributed by atoms with van der Waals surface area (Å²) in [5.41, 5.74) is 8.02. The lowest BCUT2D eigenvalue weighted by molar-refractivity contribution is 0.191. The zero-order valence-corrected chi connectivity index (χ0v) is 12.7. The molecule has 2 unspecified atom stereocenters. The summed E-state index contributed by atoms with van der Waals surface area (Å²) >= 11 is 0. The Balaban J connectivity index is 1.89. The highest BCUT2D eigenvalue weighted by Gasteiger charge is 2.32. The lowest BCUT2D eigenvalue weighted by Gasteiger charge is -2.39. The van der Waals surface area contributed by atoms with Gasteiger partial charge in [-0.1, -0.05) is 26.7 Å². The molecule has 0 aromatic carbocycles. The van der Waals surface area contributed by atoms with Gasteiger partial charge >= 0.3 is 0 Å². The minimum Gasteiger partial charge on any atom is -0.325 e. The van der Waals surface area contributed by atoms with E-state index in [-0.39, 0.29) is 5.54 Å². The summed E-state index contributed by atoms with van der Waals surface area (Å²) in [6.07, 6.45) is 10.5. The molecule has 1 heterocycles. The first-order valence-corrected chi connectivity index (χ1v) is 7.74. The van der Waals surface area contributed by atoms with Gasteiger partial charge in [0.2, 0.25) is 0 Å². The van der Waals surface area contributed by atoms with Crippen LogP contribution in [-0.4, -0.2) is 15.3 Å². The summed E-state index contributed by atoms with van der Waals surface area (Å²) in [4.78, 5) is 0. The van der Waals surface area contributed by atoms with Crippen LogP contribution in [0.3, 0.4) is 0 Å². The number of aromatic nitrogens is 2. The lowest BCUT2D eigenvalue weighted by Crippen LogP contribution is -2.45. The van der Waals surface area contributed by atoms with Gasteiger partial charge in [0.1, 0.15) is 0 Å². The van der Waals surface area contributed by atoms with Crippen LogP contribution in [0.1, 0.15) is 58.1 Å². The summed E-state index contributed by atoms with van der Waals surface area (Å²) in [6, 6.07) is 2.11. The average Bonchev–Trinajstić information content (AvgIpc) is 2.72. The van der Waals surface area contributed by atoms with E-state index in [1.54, 1.807) is 0 Å². The van der Waals surface area contributed by atoms with Crippen molar-refractivity contribution in [2.45, 2.75) is 64.3 Å². The highest BCUT2D eigenvalue weighted by atomic mass is 15.2. The smallest absolute Gasteiger partial charge is 0.0492 e. The van der Waals surface area contributed by atoms with E-state index in [9.17, 15) is 0 Å². The van der Waals surface area contributed by atoms with Gasteiger partial charge in [-0.25, -0.2) is 0 Å². The van der Waals surface area contributed by atoms with Gasteiger partial charge in [-0.05, 0) is 50.0 Å². The minimum absolute atomic E-state index is 0.0576. The number of hydrogen-bond acceptors (Lipinski definition) is 2. The van der Waals surface area contributed by atoms with Crippen LogP contribution < -0.4 is 5.73 Å². The standard InChI is InChI=1S/C16H29N3/c1-13(2)11-14-5-4-8-16(17,12-14)9-6-15-7-10-18-19(15)3/h7,10,13-14H,4-6,8-9,11-12,17H2,1-3H3. The molecule has 0 saturated heterocycles. The molecule has 3 nitrogen and oxygen atoms in total. The monoisotopic (exact) mass is 263 g/mol. The molecular weight excluding hydrogens is 234 g/mol. The normalized spacial score (nSPS) is 27.9. The third-order valence-corrected chi connectivity index (χ3v) is 4.59. The second kappa shape index (κ2) is 6.08. The predicted octanol–water partition coefficient (Wildman–Crippen LogP) is 3.29. The second-order valence-electron chi connectivity index (χ2n) is 6.90. The molecule has 0 spiro atoms. The molecule has 19 heavy (non-hydrogen) atoms. The maximum Gasteiger partial charge on any atom is 0.0492 e. The van der Waals surface area contributed by atoms with E-state index >= 15 is 0 Å². The van der Waals surface area contributed by atoms with Crippen molar-refractivity contribution >= 4 is 0 Å². The van der Waals surface area contributed by atoms with Crippen LogP contribution in [0.15, 0.2) is 12.3 Å². The lowest BCUT2D eigenvalue weighted by atomic mass is 9.71. The van der Waals surface area contributed by atoms with E-state index < -0.39 is 0 Å². The van der Waals surface area contributed by atoms with Crippen LogP contribution >= 0.6 is 0 Å². The molecule has 0 radical (unpaired) electrons. The minimum atomic E-state index is 0.0576. The Bertz CT molecular complexity index is 396. The molecular formula is C16H29N3. The number of nitrogens with zero attached hydrogens (tertiary/aromatic N) is 2. The number of nitrogens with two attached hydrogens (primary N) is 1. The van der Waals surface area contributed by atoms with Crippen LogP contribution in [0.5, 0.6) is 0 Å². The first-order valence-electron chi connectivity index (χ1n) is 7.74. The summed E-state index contributed by atoms with van der Waals surface area (Å²) in [6.45, 7) is 4.64. The van der Waals surface area contributed by atoms with Gasteiger partial charge in [-0.15, -0.1) is 0 Å². The molecule has 1 saturated carbocycles. The molecule has 1 aromatic rings. The molecule has 0 amide bonds. The maximum absolute atomic E-state index is 6.66. The highest BCUT2D eigenvalue weighted by Crippen LogP contribution is 2.36. The fourth-order valence-corrected chi connectivity index (χ4v) is 3.64. The summed E-state index contributed by atoms with van der Waals surface area (Å²) in [5, 5.41) is 4.23. The van der Waals surface area contributed by atoms with Crippen molar-refractivity contribution in [3.63, 3.8) is 0 Å². The molecule has 2 rings (SSSR count). The molecule has 1 aliphatic rings. The third kappa shape index (κ3) is 4.07. The Kier molecular flexibility index (Phi) is 4.67. The Morgan fingerprint density at radius 3 is 2.95 bits per heavy atom. The maximum atomic E-state index is 6.66. The van der Waals surface area contributed by atoms with E-state index in [2.05, 4.69) is 25.0 Å². The Morgan fingerprint density at radius 1 is 1.53 bits per heavy atom. The van der Waals surface area contributed by atoms with Crippen molar-refractivity contribution in [2.75, 3.05) is 0 Å². The molecule has 1 aliphatic carbocycles. The van der Waals surface area contributed by atoms with Crippen molar-refractivity contribution in [3.05, 3.63) is 18.0 Å². The van der Waals surface area contributed by atoms with Gasteiger partial charge in [0.15, 0.2) is 0 Å². The van der Waals surface area contributed by atoms with E-state index in [0.29, 0.717) is 0 Å². The number of rotatable bonds is 5. The van der Waals surface area contributed by atoms with Crippen LogP contribution in [-0.2, 0) is 13.5 Å². The fourth-order valence-electron chi connectivity index (χ4n) is 3.64. The van der Waals surface area contributed by atoms with Crippen LogP contribution in [0.25, 0.3) is 0 Å². The summed E-state index contributed by atoms with van der Waals surface area (Å²) < 4.78 is 1.97. The molecule has 3 heteroatoms. The zero-order chi connectivity index (χ0) is 13.9. The fraction of sp³-hybridized carbons (Fsp3) is 0.812. The van der Waals surface area contributed by atoms with E-state index in [4.69, 9.17) is 5.73 Å². The predicted molar refractivity (Wildman–Crippen MR) is 79.9 cm³/mol. The van der Waals surface area contributed by atoms with Crippen molar-refractivity contribution < 1.29 is 0 Å². The van der Waals surface area contributed by atoms with Crippen LogP contribution in [0, 0.1) is 11.8 Å². The van der Waals surface area contributed by atoms with E-state index in [0.717, 1.165) is 24.7 Å². The van der Waals surface area contributed by atoms with Gasteiger partial charge in [0.05, 0.1) is 0 Å². The Hall–Kier alpha value is -0.830. The highest BCUT2D eigenvalue weighted by molar-refractivity contribution is 5.03. The first-order chi connectivity index (χ1) is 8.98. The molecule has 1 fully saturated rings. The van der Waals surface area contributed by atoms with Crippen molar-refractivity contribution in [1.82, 2.24) is 9.78 Å². The SMILES string of the molecule is CC(C)CC1CCCC(N)(CCc2ccnn2C)C1. The number of hydrogen-bond donors (Lipinski definition) is 1. The molecule has 2 N–H and O–H groups in total. The quantitative estimate of drug-likeness (QED) is 0.886. The van der Waals surface area contributed by atoms with Crippen molar-refractivity contribution in [1.29, 1.82) is 0 Å². The molecule has 2 atom stereocenters. The molecule has 0 aliphatic heterocycles. The van der Waals surface area contributed by atoms with Gasteiger partial charge in [-0.3, -0.25) is 4.68 Å². The zero-order valence-electron chi connectivity index (χ0n) is 12.7. The second-order valence-corrected chi connectivity index (χ2v) is 6.90. The van der Waals surface area contributed by atoms with Crippen LogP contribution in [0.4, 0.5) is 0 Å². The Morgan fingerprint density at radius 2 is 2.32 bits per heavy atom. The molecule has 1 aromatic heterocycles. The van der Waals surface area contributed by atoms with E-state index in [1.807, 2.05) is 17.9 Å². The topological polar surface area (TPSA) is 43.8 Å². The van der Waals surface area contributed by atoms with Gasteiger partial charge in [-0.2, -0.15) is 5.10 Å². The van der Waals surface area contributed by atoms with Gasteiger partial charge in [0, 0.05) is 24.5 Å². The number of aryl methyl sites for hydroxylation is 2. The summed E-state index contributed by atoms with van der Waals surface area (Å²) in [7, 11) is 2.01. The largest absolute Gasteiger partial charge is 0.325 e. The third-order valence-electron chi connectivity index (χ3n) is 4.59. The van der Waals surface area contributed by atoms with Crippen molar-refractivity contribution in [2.24, 2.45) is 24.6 Å². The van der Waals surface area contributed by atoms with Gasteiger partial charge in [0.25, 0.3) is 0 Å². The Labute approximate surface area is 117 Å². The summed E-state index contributed by atoms with van der Waals surface area (Å²) in [5.74, 6) is 1.63. The first kappa shape index (κ1) is 14.6. The molecule has 0 bridgehead atoms. The van der Waals surface area contributed by atoms with Crippen molar-refractivity contribution in [3.8, 4) is 0 Å². The van der Waals surface area contributed by atoms with Crippen LogP contribution in [0.2, 0.25) is 0 Å². The average molecular weight is 263 g/mol.